The molecule has 2 unspecified atom stereocenters. The standard InChI is InChI=1S/C16H23NO2/c1-10-5-6-11(2)12(7-10)8-15(19)17-13-9-14(18)16(13,3)4/h5-7,13-14,18H,8-9H2,1-4H3,(H,17,19). The molecule has 0 aliphatic heterocycles. The molecular weight excluding hydrogens is 238 g/mol. The highest BCUT2D eigenvalue weighted by Crippen LogP contribution is 2.40. The molecule has 0 aromatic heterocycles. The summed E-state index contributed by atoms with van der Waals surface area (Å²) < 4.78 is 0. The minimum absolute atomic E-state index is 0.0404. The van der Waals surface area contributed by atoms with Crippen molar-refractivity contribution in [2.24, 2.45) is 5.41 Å². The number of aliphatic hydroxyl groups is 1. The molecule has 2 atom stereocenters. The van der Waals surface area contributed by atoms with E-state index in [9.17, 15) is 9.90 Å². The van der Waals surface area contributed by atoms with E-state index < -0.39 is 0 Å². The number of hydrogen-bond acceptors (Lipinski definition) is 2. The van der Waals surface area contributed by atoms with Crippen molar-refractivity contribution in [1.82, 2.24) is 5.32 Å². The van der Waals surface area contributed by atoms with Gasteiger partial charge in [0.15, 0.2) is 0 Å². The van der Waals surface area contributed by atoms with Gasteiger partial charge in [0, 0.05) is 11.5 Å². The summed E-state index contributed by atoms with van der Waals surface area (Å²) in [5, 5.41) is 12.7. The van der Waals surface area contributed by atoms with Crippen LogP contribution in [-0.4, -0.2) is 23.2 Å². The maximum absolute atomic E-state index is 12.1. The Hall–Kier alpha value is -1.35. The van der Waals surface area contributed by atoms with E-state index in [1.807, 2.05) is 27.7 Å². The van der Waals surface area contributed by atoms with Crippen LogP contribution in [0.2, 0.25) is 0 Å². The molecule has 3 nitrogen and oxygen atoms in total. The summed E-state index contributed by atoms with van der Waals surface area (Å²) >= 11 is 0. The molecular formula is C16H23NO2. The summed E-state index contributed by atoms with van der Waals surface area (Å²) in [6.45, 7) is 8.04. The van der Waals surface area contributed by atoms with Gasteiger partial charge < -0.3 is 10.4 Å². The number of rotatable bonds is 3. The molecule has 1 aromatic carbocycles. The minimum atomic E-state index is -0.307. The van der Waals surface area contributed by atoms with Crippen LogP contribution in [0.4, 0.5) is 0 Å². The van der Waals surface area contributed by atoms with Crippen LogP contribution in [0.3, 0.4) is 0 Å². The number of amides is 1. The van der Waals surface area contributed by atoms with Gasteiger partial charge in [0.25, 0.3) is 0 Å². The van der Waals surface area contributed by atoms with E-state index in [0.29, 0.717) is 12.8 Å². The van der Waals surface area contributed by atoms with Gasteiger partial charge in [-0.2, -0.15) is 0 Å². The van der Waals surface area contributed by atoms with Gasteiger partial charge in [0.05, 0.1) is 12.5 Å². The van der Waals surface area contributed by atoms with Crippen LogP contribution in [0.5, 0.6) is 0 Å². The summed E-state index contributed by atoms with van der Waals surface area (Å²) in [5.74, 6) is 0.0404. The van der Waals surface area contributed by atoms with Crippen molar-refractivity contribution in [3.63, 3.8) is 0 Å². The smallest absolute Gasteiger partial charge is 0.224 e. The third-order valence-corrected chi connectivity index (χ3v) is 4.41. The zero-order valence-corrected chi connectivity index (χ0v) is 12.2. The highest BCUT2D eigenvalue weighted by molar-refractivity contribution is 5.79. The van der Waals surface area contributed by atoms with Crippen LogP contribution in [0.15, 0.2) is 18.2 Å². The van der Waals surface area contributed by atoms with Crippen LogP contribution in [0.25, 0.3) is 0 Å². The lowest BCUT2D eigenvalue weighted by atomic mass is 9.64. The molecule has 0 spiro atoms. The molecule has 19 heavy (non-hydrogen) atoms. The molecule has 1 aromatic rings. The van der Waals surface area contributed by atoms with Crippen LogP contribution in [0.1, 0.15) is 37.0 Å². The van der Waals surface area contributed by atoms with E-state index in [1.54, 1.807) is 0 Å². The van der Waals surface area contributed by atoms with Crippen LogP contribution < -0.4 is 5.32 Å². The van der Waals surface area contributed by atoms with Gasteiger partial charge in [-0.1, -0.05) is 37.6 Å². The predicted molar refractivity (Wildman–Crippen MR) is 76.0 cm³/mol. The number of aliphatic hydroxyl groups excluding tert-OH is 1. The van der Waals surface area contributed by atoms with E-state index >= 15 is 0 Å². The third kappa shape index (κ3) is 2.81. The second-order valence-electron chi connectivity index (χ2n) is 6.30. The molecule has 2 N–H and O–H groups in total. The van der Waals surface area contributed by atoms with Crippen molar-refractivity contribution in [3.8, 4) is 0 Å². The van der Waals surface area contributed by atoms with E-state index in [-0.39, 0.29) is 23.5 Å². The fourth-order valence-corrected chi connectivity index (χ4v) is 2.56. The average molecular weight is 261 g/mol. The molecule has 0 heterocycles. The lowest BCUT2D eigenvalue weighted by molar-refractivity contribution is -0.128. The van der Waals surface area contributed by atoms with Gasteiger partial charge in [0.2, 0.25) is 5.91 Å². The van der Waals surface area contributed by atoms with Gasteiger partial charge in [-0.15, -0.1) is 0 Å². The van der Waals surface area contributed by atoms with Crippen molar-refractivity contribution in [2.75, 3.05) is 0 Å². The Morgan fingerprint density at radius 3 is 2.68 bits per heavy atom. The highest BCUT2D eigenvalue weighted by Gasteiger charge is 2.47. The van der Waals surface area contributed by atoms with Gasteiger partial charge in [-0.3, -0.25) is 4.79 Å². The number of carbonyl (C=O) groups is 1. The van der Waals surface area contributed by atoms with E-state index in [1.165, 1.54) is 5.56 Å². The van der Waals surface area contributed by atoms with E-state index in [4.69, 9.17) is 0 Å². The van der Waals surface area contributed by atoms with Gasteiger partial charge in [-0.25, -0.2) is 0 Å². The van der Waals surface area contributed by atoms with Crippen molar-refractivity contribution in [3.05, 3.63) is 34.9 Å². The molecule has 0 bridgehead atoms. The topological polar surface area (TPSA) is 49.3 Å². The Balaban J connectivity index is 1.97. The molecule has 1 amide bonds. The molecule has 3 heteroatoms. The van der Waals surface area contributed by atoms with Crippen molar-refractivity contribution in [2.45, 2.75) is 52.7 Å². The SMILES string of the molecule is Cc1ccc(C)c(CC(=O)NC2CC(O)C2(C)C)c1. The summed E-state index contributed by atoms with van der Waals surface area (Å²) in [4.78, 5) is 12.1. The molecule has 1 aliphatic carbocycles. The second kappa shape index (κ2) is 4.97. The first-order chi connectivity index (χ1) is 8.80. The molecule has 1 fully saturated rings. The zero-order valence-electron chi connectivity index (χ0n) is 12.2. The Kier molecular flexibility index (Phi) is 3.68. The van der Waals surface area contributed by atoms with Crippen LogP contribution in [0, 0.1) is 19.3 Å². The highest BCUT2D eigenvalue weighted by atomic mass is 16.3. The quantitative estimate of drug-likeness (QED) is 0.875. The molecule has 1 aliphatic rings. The molecule has 2 rings (SSSR count). The van der Waals surface area contributed by atoms with Crippen molar-refractivity contribution < 1.29 is 9.90 Å². The second-order valence-corrected chi connectivity index (χ2v) is 6.30. The fraction of sp³-hybridized carbons (Fsp3) is 0.562. The number of nitrogens with one attached hydrogen (secondary N) is 1. The van der Waals surface area contributed by atoms with E-state index in [0.717, 1.165) is 11.1 Å². The summed E-state index contributed by atoms with van der Waals surface area (Å²) in [7, 11) is 0. The summed E-state index contributed by atoms with van der Waals surface area (Å²) in [6.07, 6.45) is 0.764. The lowest BCUT2D eigenvalue weighted by Gasteiger charge is -2.49. The number of benzene rings is 1. The average Bonchev–Trinajstić information content (AvgIpc) is 2.33. The maximum Gasteiger partial charge on any atom is 0.224 e. The van der Waals surface area contributed by atoms with Crippen LogP contribution >= 0.6 is 0 Å². The zero-order chi connectivity index (χ0) is 14.2. The molecule has 104 valence electrons. The third-order valence-electron chi connectivity index (χ3n) is 4.41. The Morgan fingerprint density at radius 1 is 1.42 bits per heavy atom. The summed E-state index contributed by atoms with van der Waals surface area (Å²) in [6, 6.07) is 6.26. The molecule has 0 radical (unpaired) electrons. The Labute approximate surface area is 115 Å². The molecule has 0 saturated heterocycles. The first kappa shape index (κ1) is 14.1. The summed E-state index contributed by atoms with van der Waals surface area (Å²) in [5.41, 5.74) is 3.19. The molecule has 1 saturated carbocycles. The normalized spacial score (nSPS) is 24.7. The lowest BCUT2D eigenvalue weighted by Crippen LogP contribution is -2.61. The minimum Gasteiger partial charge on any atom is -0.392 e. The van der Waals surface area contributed by atoms with Crippen molar-refractivity contribution in [1.29, 1.82) is 0 Å². The van der Waals surface area contributed by atoms with E-state index in [2.05, 4.69) is 23.5 Å². The largest absolute Gasteiger partial charge is 0.392 e. The van der Waals surface area contributed by atoms with Gasteiger partial charge in [-0.05, 0) is 31.4 Å². The first-order valence-corrected chi connectivity index (χ1v) is 6.84. The number of carbonyl (C=O) groups excluding carboxylic acids is 1. The number of aryl methyl sites for hydroxylation is 2. The number of hydrogen-bond donors (Lipinski definition) is 2. The van der Waals surface area contributed by atoms with Crippen LogP contribution in [-0.2, 0) is 11.2 Å². The Bertz CT molecular complexity index is 494. The monoisotopic (exact) mass is 261 g/mol. The predicted octanol–water partition coefficient (Wildman–Crippen LogP) is 2.12. The van der Waals surface area contributed by atoms with Gasteiger partial charge in [0.1, 0.15) is 0 Å². The van der Waals surface area contributed by atoms with Crippen molar-refractivity contribution >= 4 is 5.91 Å². The maximum atomic E-state index is 12.1. The Morgan fingerprint density at radius 2 is 2.11 bits per heavy atom. The van der Waals surface area contributed by atoms with Gasteiger partial charge >= 0.3 is 0 Å². The first-order valence-electron chi connectivity index (χ1n) is 6.84. The fourth-order valence-electron chi connectivity index (χ4n) is 2.56.